The molecule has 0 bridgehead atoms. The third-order valence-corrected chi connectivity index (χ3v) is 4.37. The molecule has 0 unspecified atom stereocenters. The molecule has 2 aromatic heterocycles. The minimum absolute atomic E-state index is 0.442. The van der Waals surface area contributed by atoms with Gasteiger partial charge in [-0.25, -0.2) is 0 Å². The minimum Gasteiger partial charge on any atom is -0.277 e. The van der Waals surface area contributed by atoms with Gasteiger partial charge in [0.15, 0.2) is 0 Å². The molecule has 2 heterocycles. The van der Waals surface area contributed by atoms with Crippen molar-refractivity contribution in [2.75, 3.05) is 0 Å². The van der Waals surface area contributed by atoms with Gasteiger partial charge in [0.05, 0.1) is 24.4 Å². The summed E-state index contributed by atoms with van der Waals surface area (Å²) < 4.78 is 0. The first-order chi connectivity index (χ1) is 12.8. The van der Waals surface area contributed by atoms with Crippen LogP contribution in [0.5, 0.6) is 0 Å². The number of rotatable bonds is 4. The van der Waals surface area contributed by atoms with Crippen molar-refractivity contribution in [2.24, 2.45) is 0 Å². The van der Waals surface area contributed by atoms with Gasteiger partial charge in [-0.05, 0) is 34.4 Å². The Labute approximate surface area is 151 Å². The van der Waals surface area contributed by atoms with Crippen molar-refractivity contribution >= 4 is 0 Å². The largest absolute Gasteiger partial charge is 0.277 e. The zero-order valence-corrected chi connectivity index (χ0v) is 14.1. The number of hydrogen-bond acceptors (Lipinski definition) is 3. The number of nitrogens with zero attached hydrogens (tertiary/aromatic N) is 3. The average molecular weight is 336 g/mol. The predicted molar refractivity (Wildman–Crippen MR) is 102 cm³/mol. The first-order valence-electron chi connectivity index (χ1n) is 8.35. The number of H-pyrrole nitrogens is 1. The fraction of sp³-hybridized carbons (Fsp3) is 0.0455. The molecule has 0 amide bonds. The Morgan fingerprint density at radius 2 is 1.38 bits per heavy atom. The van der Waals surface area contributed by atoms with Crippen LogP contribution >= 0.6 is 0 Å². The normalized spacial score (nSPS) is 10.4. The third kappa shape index (κ3) is 3.11. The summed E-state index contributed by atoms with van der Waals surface area (Å²) in [5.74, 6) is 0. The van der Waals surface area contributed by atoms with Crippen LogP contribution in [0.15, 0.2) is 79.3 Å². The van der Waals surface area contributed by atoms with Gasteiger partial charge in [-0.1, -0.05) is 48.5 Å². The second kappa shape index (κ2) is 7.04. The van der Waals surface area contributed by atoms with Crippen LogP contribution in [0.4, 0.5) is 0 Å². The molecule has 0 aliphatic heterocycles. The Morgan fingerprint density at radius 1 is 0.769 bits per heavy atom. The van der Waals surface area contributed by atoms with E-state index in [0.717, 1.165) is 39.1 Å². The van der Waals surface area contributed by atoms with E-state index in [1.807, 2.05) is 30.5 Å². The van der Waals surface area contributed by atoms with E-state index >= 15 is 0 Å². The maximum atomic E-state index is 8.77. The lowest BCUT2D eigenvalue weighted by Crippen LogP contribution is -1.85. The highest BCUT2D eigenvalue weighted by molar-refractivity contribution is 5.81. The van der Waals surface area contributed by atoms with E-state index in [2.05, 4.69) is 57.6 Å². The fourth-order valence-electron chi connectivity index (χ4n) is 2.99. The highest BCUT2D eigenvalue weighted by atomic mass is 15.1. The van der Waals surface area contributed by atoms with Crippen LogP contribution < -0.4 is 0 Å². The smallest absolute Gasteiger partial charge is 0.0729 e. The standard InChI is InChI=1S/C22H16N4/c23-12-9-16-1-3-17(4-2-16)18-5-7-19(8-6-18)21-15-25-26-22(21)20-10-13-24-14-11-20/h1-8,10-11,13-15H,9H2,(H,25,26). The van der Waals surface area contributed by atoms with Crippen LogP contribution in [0.25, 0.3) is 33.5 Å². The molecule has 4 heteroatoms. The zero-order chi connectivity index (χ0) is 17.8. The Bertz CT molecular complexity index is 1040. The molecular weight excluding hydrogens is 320 g/mol. The van der Waals surface area contributed by atoms with Crippen molar-refractivity contribution in [3.8, 4) is 39.6 Å². The van der Waals surface area contributed by atoms with Gasteiger partial charge in [0.1, 0.15) is 0 Å². The van der Waals surface area contributed by atoms with Crippen LogP contribution in [-0.2, 0) is 6.42 Å². The molecule has 26 heavy (non-hydrogen) atoms. The van der Waals surface area contributed by atoms with Crippen LogP contribution in [0, 0.1) is 11.3 Å². The molecular formula is C22H16N4. The maximum absolute atomic E-state index is 8.77. The number of pyridine rings is 1. The molecule has 0 radical (unpaired) electrons. The van der Waals surface area contributed by atoms with Gasteiger partial charge in [-0.2, -0.15) is 10.4 Å². The topological polar surface area (TPSA) is 65.4 Å². The molecule has 4 rings (SSSR count). The van der Waals surface area contributed by atoms with E-state index < -0.39 is 0 Å². The van der Waals surface area contributed by atoms with Crippen LogP contribution in [0.2, 0.25) is 0 Å². The average Bonchev–Trinajstić information content (AvgIpc) is 3.20. The molecule has 1 N–H and O–H groups in total. The quantitative estimate of drug-likeness (QED) is 0.578. The molecule has 0 saturated carbocycles. The van der Waals surface area contributed by atoms with Crippen molar-refractivity contribution in [3.05, 3.63) is 84.8 Å². The summed E-state index contributed by atoms with van der Waals surface area (Å²) in [6.45, 7) is 0. The van der Waals surface area contributed by atoms with Gasteiger partial charge in [-0.15, -0.1) is 0 Å². The molecule has 0 atom stereocenters. The van der Waals surface area contributed by atoms with Crippen molar-refractivity contribution in [1.29, 1.82) is 5.26 Å². The maximum Gasteiger partial charge on any atom is 0.0729 e. The molecule has 2 aromatic carbocycles. The van der Waals surface area contributed by atoms with Gasteiger partial charge < -0.3 is 0 Å². The summed E-state index contributed by atoms with van der Waals surface area (Å²) in [6, 6.07) is 22.7. The molecule has 124 valence electrons. The Balaban J connectivity index is 1.63. The number of hydrogen-bond donors (Lipinski definition) is 1. The fourth-order valence-corrected chi connectivity index (χ4v) is 2.99. The second-order valence-corrected chi connectivity index (χ2v) is 6.00. The molecule has 4 aromatic rings. The van der Waals surface area contributed by atoms with E-state index in [1.165, 1.54) is 0 Å². The van der Waals surface area contributed by atoms with Gasteiger partial charge in [0, 0.05) is 23.5 Å². The summed E-state index contributed by atoms with van der Waals surface area (Å²) in [7, 11) is 0. The summed E-state index contributed by atoms with van der Waals surface area (Å²) in [5, 5.41) is 16.1. The van der Waals surface area contributed by atoms with Gasteiger partial charge >= 0.3 is 0 Å². The summed E-state index contributed by atoms with van der Waals surface area (Å²) in [5.41, 5.74) is 7.53. The molecule has 0 aliphatic carbocycles. The van der Waals surface area contributed by atoms with Crippen LogP contribution in [0.1, 0.15) is 5.56 Å². The molecule has 4 nitrogen and oxygen atoms in total. The highest BCUT2D eigenvalue weighted by Crippen LogP contribution is 2.31. The van der Waals surface area contributed by atoms with E-state index in [0.29, 0.717) is 6.42 Å². The van der Waals surface area contributed by atoms with E-state index in [4.69, 9.17) is 5.26 Å². The number of nitriles is 1. The monoisotopic (exact) mass is 336 g/mol. The van der Waals surface area contributed by atoms with Crippen molar-refractivity contribution < 1.29 is 0 Å². The predicted octanol–water partition coefficient (Wildman–Crippen LogP) is 4.87. The van der Waals surface area contributed by atoms with Crippen LogP contribution in [0.3, 0.4) is 0 Å². The van der Waals surface area contributed by atoms with Crippen molar-refractivity contribution in [2.45, 2.75) is 6.42 Å². The highest BCUT2D eigenvalue weighted by Gasteiger charge is 2.10. The third-order valence-electron chi connectivity index (χ3n) is 4.37. The van der Waals surface area contributed by atoms with Crippen molar-refractivity contribution in [1.82, 2.24) is 15.2 Å². The summed E-state index contributed by atoms with van der Waals surface area (Å²) >= 11 is 0. The lowest BCUT2D eigenvalue weighted by Gasteiger charge is -2.06. The number of nitrogens with one attached hydrogen (secondary N) is 1. The van der Waals surface area contributed by atoms with E-state index in [-0.39, 0.29) is 0 Å². The van der Waals surface area contributed by atoms with Crippen LogP contribution in [-0.4, -0.2) is 15.2 Å². The molecule has 0 aliphatic rings. The summed E-state index contributed by atoms with van der Waals surface area (Å²) in [6.07, 6.45) is 5.84. The van der Waals surface area contributed by atoms with Gasteiger partial charge in [0.25, 0.3) is 0 Å². The lowest BCUT2D eigenvalue weighted by atomic mass is 9.98. The molecule has 0 spiro atoms. The number of aromatic nitrogens is 3. The Hall–Kier alpha value is -3.71. The van der Waals surface area contributed by atoms with Gasteiger partial charge in [-0.3, -0.25) is 10.1 Å². The SMILES string of the molecule is N#CCc1ccc(-c2ccc(-c3cn[nH]c3-c3ccncc3)cc2)cc1. The van der Waals surface area contributed by atoms with Crippen molar-refractivity contribution in [3.63, 3.8) is 0 Å². The zero-order valence-electron chi connectivity index (χ0n) is 14.1. The van der Waals surface area contributed by atoms with Gasteiger partial charge in [0.2, 0.25) is 0 Å². The van der Waals surface area contributed by atoms with E-state index in [1.54, 1.807) is 12.4 Å². The Kier molecular flexibility index (Phi) is 4.28. The second-order valence-electron chi connectivity index (χ2n) is 6.00. The number of aromatic amines is 1. The Morgan fingerprint density at radius 3 is 2.04 bits per heavy atom. The first kappa shape index (κ1) is 15.8. The summed E-state index contributed by atoms with van der Waals surface area (Å²) in [4.78, 5) is 4.07. The first-order valence-corrected chi connectivity index (χ1v) is 8.35. The molecule has 0 saturated heterocycles. The minimum atomic E-state index is 0.442. The molecule has 0 fully saturated rings. The lowest BCUT2D eigenvalue weighted by molar-refractivity contribution is 1.09. The van der Waals surface area contributed by atoms with E-state index in [9.17, 15) is 0 Å². The number of benzene rings is 2.